The van der Waals surface area contributed by atoms with E-state index < -0.39 is 0 Å². The van der Waals surface area contributed by atoms with Crippen molar-refractivity contribution in [2.75, 3.05) is 51.8 Å². The van der Waals surface area contributed by atoms with Crippen molar-refractivity contribution in [3.8, 4) is 33.9 Å². The van der Waals surface area contributed by atoms with Gasteiger partial charge in [0.05, 0.1) is 19.9 Å². The molecule has 0 aliphatic carbocycles. The van der Waals surface area contributed by atoms with Crippen LogP contribution in [0.25, 0.3) is 33.2 Å². The number of likely N-dealkylation sites (N-methyl/N-ethyl adjacent to an activating group) is 1. The van der Waals surface area contributed by atoms with Gasteiger partial charge in [0.1, 0.15) is 17.3 Å². The van der Waals surface area contributed by atoms with Gasteiger partial charge in [0.2, 0.25) is 0 Å². The Labute approximate surface area is 201 Å². The van der Waals surface area contributed by atoms with Crippen molar-refractivity contribution in [1.82, 2.24) is 9.88 Å². The maximum Gasteiger partial charge on any atom is 0.137 e. The Balaban J connectivity index is 1.75. The van der Waals surface area contributed by atoms with Gasteiger partial charge in [-0.2, -0.15) is 0 Å². The third kappa shape index (κ3) is 4.19. The van der Waals surface area contributed by atoms with Crippen LogP contribution in [-0.4, -0.2) is 56.8 Å². The van der Waals surface area contributed by atoms with Crippen LogP contribution in [0.3, 0.4) is 0 Å². The van der Waals surface area contributed by atoms with Crippen LogP contribution in [0, 0.1) is 0 Å². The summed E-state index contributed by atoms with van der Waals surface area (Å²) in [5.41, 5.74) is 4.26. The highest BCUT2D eigenvalue weighted by Crippen LogP contribution is 2.41. The molecule has 4 aromatic rings. The molecule has 34 heavy (non-hydrogen) atoms. The minimum absolute atomic E-state index is 0.835. The Hall–Kier alpha value is -3.57. The number of aromatic nitrogens is 1. The van der Waals surface area contributed by atoms with Crippen LogP contribution in [0.1, 0.15) is 6.92 Å². The van der Waals surface area contributed by atoms with Crippen molar-refractivity contribution >= 4 is 16.6 Å². The number of methoxy groups -OCH3 is 2. The summed E-state index contributed by atoms with van der Waals surface area (Å²) < 4.78 is 11.0. The first-order chi connectivity index (χ1) is 16.7. The van der Waals surface area contributed by atoms with E-state index in [0.717, 1.165) is 72.4 Å². The lowest BCUT2D eigenvalue weighted by Crippen LogP contribution is -2.46. The average Bonchev–Trinajstić information content (AvgIpc) is 2.92. The molecule has 1 saturated heterocycles. The van der Waals surface area contributed by atoms with Crippen molar-refractivity contribution in [3.63, 3.8) is 0 Å². The number of hydrogen-bond acceptors (Lipinski definition) is 5. The Morgan fingerprint density at radius 2 is 1.44 bits per heavy atom. The highest BCUT2D eigenvalue weighted by Gasteiger charge is 2.23. The van der Waals surface area contributed by atoms with Crippen LogP contribution in [0.5, 0.6) is 11.5 Å². The molecule has 5 rings (SSSR count). The third-order valence-corrected chi connectivity index (χ3v) is 6.73. The zero-order valence-electron chi connectivity index (χ0n) is 20.1. The number of anilines is 1. The summed E-state index contributed by atoms with van der Waals surface area (Å²) in [7, 11) is 3.40. The monoisotopic (exact) mass is 453 g/mol. The summed E-state index contributed by atoms with van der Waals surface area (Å²) >= 11 is 0. The lowest BCUT2D eigenvalue weighted by Gasteiger charge is -2.35. The largest absolute Gasteiger partial charge is 0.497 e. The predicted molar refractivity (Wildman–Crippen MR) is 140 cm³/mol. The van der Waals surface area contributed by atoms with Crippen molar-refractivity contribution < 1.29 is 9.47 Å². The lowest BCUT2D eigenvalue weighted by molar-refractivity contribution is 0.271. The Kier molecular flexibility index (Phi) is 6.37. The van der Waals surface area contributed by atoms with Gasteiger partial charge in [-0.05, 0) is 53.9 Å². The standard InChI is InChI=1S/C29H31N3O2/c1-4-31-16-18-32(19-17-31)29-26-11-6-5-10-25(26)27(22-8-7-9-24(20-22)34-3)28(30-29)21-12-14-23(33-2)15-13-21/h5-15,20H,4,16-19H2,1-3H3. The lowest BCUT2D eigenvalue weighted by atomic mass is 9.93. The molecule has 174 valence electrons. The highest BCUT2D eigenvalue weighted by atomic mass is 16.5. The highest BCUT2D eigenvalue weighted by molar-refractivity contribution is 6.07. The van der Waals surface area contributed by atoms with E-state index in [1.165, 1.54) is 10.8 Å². The number of piperazine rings is 1. The molecule has 0 atom stereocenters. The Bertz CT molecular complexity index is 1280. The van der Waals surface area contributed by atoms with Gasteiger partial charge in [-0.1, -0.05) is 43.3 Å². The maximum atomic E-state index is 5.55. The molecular formula is C29H31N3O2. The predicted octanol–water partition coefficient (Wildman–Crippen LogP) is 5.73. The molecule has 5 heteroatoms. The van der Waals surface area contributed by atoms with Crippen LogP contribution >= 0.6 is 0 Å². The fourth-order valence-electron chi connectivity index (χ4n) is 4.79. The van der Waals surface area contributed by atoms with Crippen LogP contribution in [0.4, 0.5) is 5.82 Å². The zero-order valence-corrected chi connectivity index (χ0v) is 20.1. The van der Waals surface area contributed by atoms with Gasteiger partial charge in [-0.25, -0.2) is 4.98 Å². The van der Waals surface area contributed by atoms with Crippen LogP contribution in [0.15, 0.2) is 72.8 Å². The Morgan fingerprint density at radius 3 is 2.12 bits per heavy atom. The van der Waals surface area contributed by atoms with Gasteiger partial charge in [0, 0.05) is 42.7 Å². The van der Waals surface area contributed by atoms with E-state index in [9.17, 15) is 0 Å². The van der Waals surface area contributed by atoms with Crippen molar-refractivity contribution in [1.29, 1.82) is 0 Å². The molecule has 1 aromatic heterocycles. The van der Waals surface area contributed by atoms with E-state index in [2.05, 4.69) is 65.3 Å². The summed E-state index contributed by atoms with van der Waals surface area (Å²) in [4.78, 5) is 10.3. The summed E-state index contributed by atoms with van der Waals surface area (Å²) in [5.74, 6) is 2.73. The molecule has 2 heterocycles. The topological polar surface area (TPSA) is 37.8 Å². The van der Waals surface area contributed by atoms with Crippen molar-refractivity contribution in [3.05, 3.63) is 72.8 Å². The first kappa shape index (κ1) is 22.2. The van der Waals surface area contributed by atoms with Crippen LogP contribution < -0.4 is 14.4 Å². The third-order valence-electron chi connectivity index (χ3n) is 6.73. The van der Waals surface area contributed by atoms with Gasteiger partial charge in [-0.15, -0.1) is 0 Å². The smallest absolute Gasteiger partial charge is 0.137 e. The number of nitrogens with zero attached hydrogens (tertiary/aromatic N) is 3. The summed E-state index contributed by atoms with van der Waals surface area (Å²) in [6, 6.07) is 25.1. The second-order valence-corrected chi connectivity index (χ2v) is 8.59. The average molecular weight is 454 g/mol. The minimum atomic E-state index is 0.835. The summed E-state index contributed by atoms with van der Waals surface area (Å²) in [6.07, 6.45) is 0. The molecule has 3 aromatic carbocycles. The number of hydrogen-bond donors (Lipinski definition) is 0. The van der Waals surface area contributed by atoms with E-state index in [0.29, 0.717) is 0 Å². The summed E-state index contributed by atoms with van der Waals surface area (Å²) in [5, 5.41) is 2.38. The minimum Gasteiger partial charge on any atom is -0.497 e. The fourth-order valence-corrected chi connectivity index (χ4v) is 4.79. The van der Waals surface area contributed by atoms with Gasteiger partial charge in [0.15, 0.2) is 0 Å². The van der Waals surface area contributed by atoms with Crippen molar-refractivity contribution in [2.45, 2.75) is 6.92 Å². The molecule has 0 unspecified atom stereocenters. The molecule has 5 nitrogen and oxygen atoms in total. The SMILES string of the molecule is CCN1CCN(c2nc(-c3ccc(OC)cc3)c(-c3cccc(OC)c3)c3ccccc23)CC1. The van der Waals surface area contributed by atoms with E-state index in [-0.39, 0.29) is 0 Å². The number of ether oxygens (including phenoxy) is 2. The summed E-state index contributed by atoms with van der Waals surface area (Å²) in [6.45, 7) is 7.39. The molecule has 0 N–H and O–H groups in total. The number of fused-ring (bicyclic) bond motifs is 1. The second-order valence-electron chi connectivity index (χ2n) is 8.59. The Morgan fingerprint density at radius 1 is 0.735 bits per heavy atom. The normalized spacial score (nSPS) is 14.4. The van der Waals surface area contributed by atoms with Gasteiger partial charge >= 0.3 is 0 Å². The van der Waals surface area contributed by atoms with Gasteiger partial charge < -0.3 is 19.3 Å². The quantitative estimate of drug-likeness (QED) is 0.373. The second kappa shape index (κ2) is 9.74. The zero-order chi connectivity index (χ0) is 23.5. The number of pyridine rings is 1. The van der Waals surface area contributed by atoms with Crippen LogP contribution in [-0.2, 0) is 0 Å². The molecule has 1 aliphatic rings. The molecule has 1 aliphatic heterocycles. The molecule has 1 fully saturated rings. The molecule has 0 saturated carbocycles. The number of rotatable bonds is 6. The fraction of sp³-hybridized carbons (Fsp3) is 0.276. The maximum absolute atomic E-state index is 5.55. The molecular weight excluding hydrogens is 422 g/mol. The molecule has 0 radical (unpaired) electrons. The van der Waals surface area contributed by atoms with E-state index in [4.69, 9.17) is 14.5 Å². The first-order valence-electron chi connectivity index (χ1n) is 11.9. The van der Waals surface area contributed by atoms with Gasteiger partial charge in [0.25, 0.3) is 0 Å². The van der Waals surface area contributed by atoms with E-state index in [1.807, 2.05) is 24.3 Å². The van der Waals surface area contributed by atoms with E-state index >= 15 is 0 Å². The molecule has 0 amide bonds. The van der Waals surface area contributed by atoms with Crippen molar-refractivity contribution in [2.24, 2.45) is 0 Å². The van der Waals surface area contributed by atoms with Gasteiger partial charge in [-0.3, -0.25) is 0 Å². The number of benzene rings is 3. The van der Waals surface area contributed by atoms with Crippen LogP contribution in [0.2, 0.25) is 0 Å². The first-order valence-corrected chi connectivity index (χ1v) is 11.9. The van der Waals surface area contributed by atoms with E-state index in [1.54, 1.807) is 14.2 Å². The molecule has 0 bridgehead atoms. The molecule has 0 spiro atoms.